The van der Waals surface area contributed by atoms with Crippen LogP contribution in [0.1, 0.15) is 26.0 Å². The van der Waals surface area contributed by atoms with Gasteiger partial charge in [-0.05, 0) is 33.4 Å². The molecule has 1 aliphatic rings. The maximum Gasteiger partial charge on any atom is 0.0794 e. The van der Waals surface area contributed by atoms with Gasteiger partial charge in [0.05, 0.1) is 11.2 Å². The van der Waals surface area contributed by atoms with Crippen molar-refractivity contribution < 1.29 is 0 Å². The highest BCUT2D eigenvalue weighted by Crippen LogP contribution is 2.11. The number of aromatic nitrogens is 1. The first-order valence-electron chi connectivity index (χ1n) is 6.00. The van der Waals surface area contributed by atoms with Crippen LogP contribution in [0.3, 0.4) is 0 Å². The van der Waals surface area contributed by atoms with Gasteiger partial charge in [-0.25, -0.2) is 4.98 Å². The van der Waals surface area contributed by atoms with Gasteiger partial charge in [-0.15, -0.1) is 11.3 Å². The molecule has 16 heavy (non-hydrogen) atoms. The molecule has 0 bridgehead atoms. The third kappa shape index (κ3) is 3.54. The number of thiazole rings is 1. The Morgan fingerprint density at radius 2 is 2.44 bits per heavy atom. The molecule has 1 aliphatic heterocycles. The fraction of sp³-hybridized carbons (Fsp3) is 0.750. The first-order valence-corrected chi connectivity index (χ1v) is 6.94. The predicted octanol–water partition coefficient (Wildman–Crippen LogP) is 1.76. The van der Waals surface area contributed by atoms with Crippen LogP contribution < -0.4 is 5.32 Å². The molecular weight excluding hydrogens is 218 g/mol. The minimum absolute atomic E-state index is 0.249. The van der Waals surface area contributed by atoms with Crippen molar-refractivity contribution in [3.8, 4) is 0 Å². The third-order valence-corrected chi connectivity index (χ3v) is 3.68. The minimum atomic E-state index is 0.249. The van der Waals surface area contributed by atoms with Gasteiger partial charge >= 0.3 is 0 Å². The van der Waals surface area contributed by atoms with Crippen molar-refractivity contribution >= 4 is 11.3 Å². The average molecular weight is 239 g/mol. The van der Waals surface area contributed by atoms with Gasteiger partial charge in [-0.1, -0.05) is 0 Å². The molecule has 1 N–H and O–H groups in total. The van der Waals surface area contributed by atoms with Crippen molar-refractivity contribution in [1.29, 1.82) is 0 Å². The zero-order valence-electron chi connectivity index (χ0n) is 10.2. The van der Waals surface area contributed by atoms with E-state index in [4.69, 9.17) is 0 Å². The Morgan fingerprint density at radius 1 is 1.56 bits per heavy atom. The number of nitrogens with one attached hydrogen (secondary N) is 1. The van der Waals surface area contributed by atoms with E-state index in [9.17, 15) is 0 Å². The highest BCUT2D eigenvalue weighted by molar-refractivity contribution is 7.07. The fourth-order valence-electron chi connectivity index (χ4n) is 2.25. The van der Waals surface area contributed by atoms with E-state index >= 15 is 0 Å². The predicted molar refractivity (Wildman–Crippen MR) is 69.0 cm³/mol. The summed E-state index contributed by atoms with van der Waals surface area (Å²) in [5, 5.41) is 5.74. The van der Waals surface area contributed by atoms with Crippen LogP contribution in [0.4, 0.5) is 0 Å². The second-order valence-electron chi connectivity index (χ2n) is 5.17. The van der Waals surface area contributed by atoms with Crippen LogP contribution >= 0.6 is 11.3 Å². The van der Waals surface area contributed by atoms with Crippen molar-refractivity contribution in [1.82, 2.24) is 15.2 Å². The molecule has 0 unspecified atom stereocenters. The smallest absolute Gasteiger partial charge is 0.0794 e. The highest BCUT2D eigenvalue weighted by Gasteiger charge is 2.23. The summed E-state index contributed by atoms with van der Waals surface area (Å²) in [6, 6.07) is 0. The lowest BCUT2D eigenvalue weighted by atomic mass is 10.1. The van der Waals surface area contributed by atoms with Gasteiger partial charge in [0.1, 0.15) is 0 Å². The molecule has 2 heterocycles. The van der Waals surface area contributed by atoms with Crippen LogP contribution in [0.15, 0.2) is 10.9 Å². The van der Waals surface area contributed by atoms with E-state index in [2.05, 4.69) is 34.4 Å². The van der Waals surface area contributed by atoms with Gasteiger partial charge in [0.2, 0.25) is 0 Å². The van der Waals surface area contributed by atoms with E-state index < -0.39 is 0 Å². The summed E-state index contributed by atoms with van der Waals surface area (Å²) in [4.78, 5) is 6.89. The quantitative estimate of drug-likeness (QED) is 0.871. The van der Waals surface area contributed by atoms with Crippen molar-refractivity contribution in [3.05, 3.63) is 16.6 Å². The Morgan fingerprint density at radius 3 is 3.19 bits per heavy atom. The molecular formula is C12H21N3S. The molecule has 2 rings (SSSR count). The van der Waals surface area contributed by atoms with E-state index in [0.29, 0.717) is 0 Å². The normalized spacial score (nSPS) is 21.9. The van der Waals surface area contributed by atoms with Crippen molar-refractivity contribution in [3.63, 3.8) is 0 Å². The first-order chi connectivity index (χ1) is 7.66. The highest BCUT2D eigenvalue weighted by atomic mass is 32.1. The van der Waals surface area contributed by atoms with E-state index in [1.54, 1.807) is 11.3 Å². The molecule has 3 nitrogen and oxygen atoms in total. The summed E-state index contributed by atoms with van der Waals surface area (Å²) in [5.41, 5.74) is 3.40. The Kier molecular flexibility index (Phi) is 3.95. The van der Waals surface area contributed by atoms with Crippen molar-refractivity contribution in [2.24, 2.45) is 0 Å². The summed E-state index contributed by atoms with van der Waals surface area (Å²) < 4.78 is 0. The van der Waals surface area contributed by atoms with E-state index in [0.717, 1.165) is 26.1 Å². The molecule has 90 valence electrons. The van der Waals surface area contributed by atoms with Gasteiger partial charge in [-0.3, -0.25) is 0 Å². The maximum atomic E-state index is 4.34. The Balaban J connectivity index is 1.84. The topological polar surface area (TPSA) is 28.2 Å². The lowest BCUT2D eigenvalue weighted by Crippen LogP contribution is -2.46. The van der Waals surface area contributed by atoms with Crippen LogP contribution in [-0.2, 0) is 6.42 Å². The average Bonchev–Trinajstić information content (AvgIpc) is 2.67. The van der Waals surface area contributed by atoms with Crippen LogP contribution in [0, 0.1) is 0 Å². The minimum Gasteiger partial charge on any atom is -0.310 e. The van der Waals surface area contributed by atoms with Crippen molar-refractivity contribution in [2.45, 2.75) is 32.2 Å². The lowest BCUT2D eigenvalue weighted by Gasteiger charge is -2.29. The second-order valence-corrected chi connectivity index (χ2v) is 5.89. The molecule has 0 atom stereocenters. The molecule has 0 amide bonds. The van der Waals surface area contributed by atoms with Gasteiger partial charge in [0.25, 0.3) is 0 Å². The van der Waals surface area contributed by atoms with E-state index in [1.807, 2.05) is 5.51 Å². The van der Waals surface area contributed by atoms with Gasteiger partial charge in [0.15, 0.2) is 0 Å². The summed E-state index contributed by atoms with van der Waals surface area (Å²) >= 11 is 1.69. The monoisotopic (exact) mass is 239 g/mol. The molecule has 0 spiro atoms. The van der Waals surface area contributed by atoms with Gasteiger partial charge < -0.3 is 10.2 Å². The molecule has 4 heteroatoms. The zero-order valence-corrected chi connectivity index (χ0v) is 11.0. The summed E-state index contributed by atoms with van der Waals surface area (Å²) in [6.45, 7) is 9.19. The van der Waals surface area contributed by atoms with Crippen LogP contribution in [-0.4, -0.2) is 41.6 Å². The lowest BCUT2D eigenvalue weighted by molar-refractivity contribution is 0.233. The standard InChI is InChI=1S/C12H21N3S/c1-12(2)9-15(6-3-5-14-12)7-4-11-8-16-10-13-11/h8,10,14H,3-7,9H2,1-2H3. The van der Waals surface area contributed by atoms with E-state index in [-0.39, 0.29) is 5.54 Å². The molecule has 1 aromatic rings. The largest absolute Gasteiger partial charge is 0.310 e. The number of hydrogen-bond donors (Lipinski definition) is 1. The molecule has 1 fully saturated rings. The van der Waals surface area contributed by atoms with Crippen LogP contribution in [0.5, 0.6) is 0 Å². The SMILES string of the molecule is CC1(C)CN(CCc2cscn2)CCCN1. The van der Waals surface area contributed by atoms with Crippen LogP contribution in [0.2, 0.25) is 0 Å². The molecule has 0 aliphatic carbocycles. The second kappa shape index (κ2) is 5.25. The zero-order chi connectivity index (χ0) is 11.4. The number of nitrogens with zero attached hydrogens (tertiary/aromatic N) is 2. The van der Waals surface area contributed by atoms with E-state index in [1.165, 1.54) is 18.7 Å². The summed E-state index contributed by atoms with van der Waals surface area (Å²) in [5.74, 6) is 0. The molecule has 1 saturated heterocycles. The van der Waals surface area contributed by atoms with Gasteiger partial charge in [-0.2, -0.15) is 0 Å². The van der Waals surface area contributed by atoms with Gasteiger partial charge in [0, 0.05) is 30.4 Å². The summed E-state index contributed by atoms with van der Waals surface area (Å²) in [7, 11) is 0. The Hall–Kier alpha value is -0.450. The molecule has 0 saturated carbocycles. The number of hydrogen-bond acceptors (Lipinski definition) is 4. The van der Waals surface area contributed by atoms with Crippen molar-refractivity contribution in [2.75, 3.05) is 26.2 Å². The summed E-state index contributed by atoms with van der Waals surface area (Å²) in [6.07, 6.45) is 2.33. The number of rotatable bonds is 3. The Bertz CT molecular complexity index is 308. The first kappa shape index (κ1) is 12.0. The molecule has 0 aromatic carbocycles. The van der Waals surface area contributed by atoms with Crippen LogP contribution in [0.25, 0.3) is 0 Å². The fourth-order valence-corrected chi connectivity index (χ4v) is 2.84. The maximum absolute atomic E-state index is 4.34. The molecule has 1 aromatic heterocycles. The Labute approximate surface area is 102 Å². The molecule has 0 radical (unpaired) electrons. The third-order valence-electron chi connectivity index (χ3n) is 3.04.